The van der Waals surface area contributed by atoms with Crippen LogP contribution in [0, 0.1) is 5.92 Å². The molecule has 0 bridgehead atoms. The molecule has 0 spiro atoms. The third kappa shape index (κ3) is 5.11. The maximum atomic E-state index is 11.0. The van der Waals surface area contributed by atoms with Crippen molar-refractivity contribution in [3.8, 4) is 0 Å². The predicted molar refractivity (Wildman–Crippen MR) is 57.9 cm³/mol. The maximum absolute atomic E-state index is 11.0. The van der Waals surface area contributed by atoms with Crippen LogP contribution in [-0.4, -0.2) is 34.9 Å². The second kappa shape index (κ2) is 6.48. The van der Waals surface area contributed by atoms with Crippen LogP contribution in [0.3, 0.4) is 0 Å². The Kier molecular flexibility index (Phi) is 6.03. The van der Waals surface area contributed by atoms with Crippen molar-refractivity contribution < 1.29 is 24.5 Å². The SMILES string of the molecule is COC(=O)CC(O)(CCCC(C)C)C(=O)O. The van der Waals surface area contributed by atoms with Gasteiger partial charge < -0.3 is 14.9 Å². The van der Waals surface area contributed by atoms with Crippen LogP contribution in [0.25, 0.3) is 0 Å². The summed E-state index contributed by atoms with van der Waals surface area (Å²) in [5.41, 5.74) is -2.00. The molecule has 94 valence electrons. The molecule has 0 aromatic heterocycles. The highest BCUT2D eigenvalue weighted by molar-refractivity contribution is 5.84. The third-order valence-corrected chi connectivity index (χ3v) is 2.43. The van der Waals surface area contributed by atoms with Crippen LogP contribution in [0.5, 0.6) is 0 Å². The van der Waals surface area contributed by atoms with E-state index in [4.69, 9.17) is 5.11 Å². The third-order valence-electron chi connectivity index (χ3n) is 2.43. The molecule has 1 atom stereocenters. The fourth-order valence-corrected chi connectivity index (χ4v) is 1.38. The van der Waals surface area contributed by atoms with E-state index >= 15 is 0 Å². The zero-order valence-corrected chi connectivity index (χ0v) is 10.0. The highest BCUT2D eigenvalue weighted by Gasteiger charge is 2.38. The van der Waals surface area contributed by atoms with Crippen molar-refractivity contribution in [3.05, 3.63) is 0 Å². The van der Waals surface area contributed by atoms with Gasteiger partial charge in [-0.2, -0.15) is 0 Å². The van der Waals surface area contributed by atoms with Crippen LogP contribution in [-0.2, 0) is 14.3 Å². The van der Waals surface area contributed by atoms with Gasteiger partial charge in [-0.05, 0) is 18.8 Å². The van der Waals surface area contributed by atoms with Gasteiger partial charge >= 0.3 is 11.9 Å². The van der Waals surface area contributed by atoms with Crippen molar-refractivity contribution in [2.24, 2.45) is 5.92 Å². The Morgan fingerprint density at radius 1 is 1.38 bits per heavy atom. The molecule has 0 aliphatic carbocycles. The maximum Gasteiger partial charge on any atom is 0.336 e. The summed E-state index contributed by atoms with van der Waals surface area (Å²) in [5.74, 6) is -1.65. The molecule has 0 saturated carbocycles. The normalized spacial score (nSPS) is 14.6. The van der Waals surface area contributed by atoms with Crippen LogP contribution >= 0.6 is 0 Å². The Labute approximate surface area is 95.4 Å². The molecule has 0 radical (unpaired) electrons. The second-order valence-corrected chi connectivity index (χ2v) is 4.38. The van der Waals surface area contributed by atoms with Crippen LogP contribution in [0.1, 0.15) is 39.5 Å². The summed E-state index contributed by atoms with van der Waals surface area (Å²) in [5, 5.41) is 18.7. The lowest BCUT2D eigenvalue weighted by Gasteiger charge is -2.22. The Morgan fingerprint density at radius 2 is 1.94 bits per heavy atom. The molecular formula is C11H20O5. The molecule has 0 aromatic carbocycles. The molecule has 16 heavy (non-hydrogen) atoms. The van der Waals surface area contributed by atoms with Gasteiger partial charge in [-0.25, -0.2) is 4.79 Å². The molecule has 0 amide bonds. The standard InChI is InChI=1S/C11H20O5/c1-8(2)5-4-6-11(15,10(13)14)7-9(12)16-3/h8,15H,4-7H2,1-3H3,(H,13,14). The average molecular weight is 232 g/mol. The summed E-state index contributed by atoms with van der Waals surface area (Å²) in [6, 6.07) is 0. The first-order valence-corrected chi connectivity index (χ1v) is 5.34. The fourth-order valence-electron chi connectivity index (χ4n) is 1.38. The van der Waals surface area contributed by atoms with Gasteiger partial charge in [0, 0.05) is 0 Å². The van der Waals surface area contributed by atoms with E-state index in [1.165, 1.54) is 7.11 Å². The minimum Gasteiger partial charge on any atom is -0.479 e. The molecule has 2 N–H and O–H groups in total. The van der Waals surface area contributed by atoms with Gasteiger partial charge in [-0.3, -0.25) is 4.79 Å². The van der Waals surface area contributed by atoms with Gasteiger partial charge in [-0.1, -0.05) is 20.3 Å². The van der Waals surface area contributed by atoms with Crippen molar-refractivity contribution in [3.63, 3.8) is 0 Å². The topological polar surface area (TPSA) is 83.8 Å². The van der Waals surface area contributed by atoms with Crippen molar-refractivity contribution in [1.82, 2.24) is 0 Å². The highest BCUT2D eigenvalue weighted by Crippen LogP contribution is 2.21. The van der Waals surface area contributed by atoms with Gasteiger partial charge in [-0.15, -0.1) is 0 Å². The molecule has 5 heteroatoms. The minimum absolute atomic E-state index is 0.0651. The molecule has 0 rings (SSSR count). The molecule has 1 unspecified atom stereocenters. The lowest BCUT2D eigenvalue weighted by atomic mass is 9.91. The zero-order valence-electron chi connectivity index (χ0n) is 10.0. The summed E-state index contributed by atoms with van der Waals surface area (Å²) in [6.07, 6.45) is 0.945. The van der Waals surface area contributed by atoms with Crippen LogP contribution in [0.15, 0.2) is 0 Å². The van der Waals surface area contributed by atoms with E-state index in [-0.39, 0.29) is 6.42 Å². The first kappa shape index (κ1) is 14.9. The molecule has 0 fully saturated rings. The minimum atomic E-state index is -2.00. The lowest BCUT2D eigenvalue weighted by Crippen LogP contribution is -2.41. The molecule has 0 heterocycles. The summed E-state index contributed by atoms with van der Waals surface area (Å²) in [4.78, 5) is 21.9. The average Bonchev–Trinajstić information content (AvgIpc) is 2.16. The van der Waals surface area contributed by atoms with Crippen molar-refractivity contribution in [1.29, 1.82) is 0 Å². The first-order valence-electron chi connectivity index (χ1n) is 5.34. The molecule has 0 aromatic rings. The Hall–Kier alpha value is -1.10. The Morgan fingerprint density at radius 3 is 2.31 bits per heavy atom. The molecule has 0 aliphatic rings. The summed E-state index contributed by atoms with van der Waals surface area (Å²) in [7, 11) is 1.17. The van der Waals surface area contributed by atoms with E-state index < -0.39 is 24.0 Å². The molecule has 0 saturated heterocycles. The quantitative estimate of drug-likeness (QED) is 0.644. The summed E-state index contributed by atoms with van der Waals surface area (Å²) < 4.78 is 4.36. The number of carbonyl (C=O) groups is 2. The number of methoxy groups -OCH3 is 1. The zero-order chi connectivity index (χ0) is 12.8. The number of rotatable bonds is 7. The number of carboxylic acid groups (broad SMARTS) is 1. The number of aliphatic carboxylic acids is 1. The molecule has 0 aliphatic heterocycles. The number of hydrogen-bond acceptors (Lipinski definition) is 4. The first-order chi connectivity index (χ1) is 7.31. The van der Waals surface area contributed by atoms with Gasteiger partial charge in [0.15, 0.2) is 5.60 Å². The van der Waals surface area contributed by atoms with Gasteiger partial charge in [0.25, 0.3) is 0 Å². The van der Waals surface area contributed by atoms with Crippen molar-refractivity contribution >= 4 is 11.9 Å². The van der Waals surface area contributed by atoms with E-state index in [9.17, 15) is 14.7 Å². The van der Waals surface area contributed by atoms with Crippen LogP contribution in [0.4, 0.5) is 0 Å². The highest BCUT2D eigenvalue weighted by atomic mass is 16.5. The van der Waals surface area contributed by atoms with Gasteiger partial charge in [0.1, 0.15) is 0 Å². The number of hydrogen-bond donors (Lipinski definition) is 2. The van der Waals surface area contributed by atoms with E-state index in [2.05, 4.69) is 4.74 Å². The van der Waals surface area contributed by atoms with E-state index in [0.29, 0.717) is 12.3 Å². The summed E-state index contributed by atoms with van der Waals surface area (Å²) in [6.45, 7) is 4.03. The van der Waals surface area contributed by atoms with E-state index in [1.54, 1.807) is 0 Å². The van der Waals surface area contributed by atoms with Gasteiger partial charge in [0.2, 0.25) is 0 Å². The number of ether oxygens (including phenoxy) is 1. The summed E-state index contributed by atoms with van der Waals surface area (Å²) >= 11 is 0. The molecule has 5 nitrogen and oxygen atoms in total. The fraction of sp³-hybridized carbons (Fsp3) is 0.818. The van der Waals surface area contributed by atoms with Crippen molar-refractivity contribution in [2.75, 3.05) is 7.11 Å². The Bertz CT molecular complexity index is 249. The number of carbonyl (C=O) groups excluding carboxylic acids is 1. The molecular weight excluding hydrogens is 212 g/mol. The number of carboxylic acids is 1. The number of aliphatic hydroxyl groups is 1. The van der Waals surface area contributed by atoms with Gasteiger partial charge in [0.05, 0.1) is 13.5 Å². The largest absolute Gasteiger partial charge is 0.479 e. The lowest BCUT2D eigenvalue weighted by molar-refractivity contribution is -0.167. The smallest absolute Gasteiger partial charge is 0.336 e. The van der Waals surface area contributed by atoms with Crippen molar-refractivity contribution in [2.45, 2.75) is 45.1 Å². The van der Waals surface area contributed by atoms with Crippen LogP contribution < -0.4 is 0 Å². The van der Waals surface area contributed by atoms with E-state index in [0.717, 1.165) is 6.42 Å². The number of esters is 1. The predicted octanol–water partition coefficient (Wildman–Crippen LogP) is 1.19. The van der Waals surface area contributed by atoms with E-state index in [1.807, 2.05) is 13.8 Å². The van der Waals surface area contributed by atoms with Crippen LogP contribution in [0.2, 0.25) is 0 Å². The Balaban J connectivity index is 4.34. The second-order valence-electron chi connectivity index (χ2n) is 4.38. The monoisotopic (exact) mass is 232 g/mol.